The van der Waals surface area contributed by atoms with Crippen LogP contribution in [0.25, 0.3) is 0 Å². The van der Waals surface area contributed by atoms with E-state index in [9.17, 15) is 18.0 Å². The van der Waals surface area contributed by atoms with E-state index in [4.69, 9.17) is 9.47 Å². The Kier molecular flexibility index (Phi) is 9.37. The number of hydrogen-bond acceptors (Lipinski definition) is 7. The fourth-order valence-electron chi connectivity index (χ4n) is 6.01. The summed E-state index contributed by atoms with van der Waals surface area (Å²) in [6.45, 7) is 1.91. The van der Waals surface area contributed by atoms with Crippen molar-refractivity contribution in [1.29, 1.82) is 0 Å². The second-order valence-corrected chi connectivity index (χ2v) is 12.7. The van der Waals surface area contributed by atoms with Gasteiger partial charge < -0.3 is 20.1 Å². The number of methoxy groups -OCH3 is 1. The molecule has 0 unspecified atom stereocenters. The van der Waals surface area contributed by atoms with Crippen LogP contribution in [-0.4, -0.2) is 60.0 Å². The number of carbonyl (C=O) groups excluding carboxylic acids is 2. The second kappa shape index (κ2) is 13.2. The lowest BCUT2D eigenvalue weighted by Crippen LogP contribution is -2.53. The van der Waals surface area contributed by atoms with Gasteiger partial charge in [0.05, 0.1) is 10.8 Å². The van der Waals surface area contributed by atoms with Gasteiger partial charge in [-0.15, -0.1) is 0 Å². The lowest BCUT2D eigenvalue weighted by atomic mass is 9.69. The highest BCUT2D eigenvalue weighted by Crippen LogP contribution is 2.50. The third-order valence-electron chi connectivity index (χ3n) is 8.16. The Morgan fingerprint density at radius 1 is 1.00 bits per heavy atom. The minimum Gasteiger partial charge on any atom is -0.457 e. The van der Waals surface area contributed by atoms with Crippen molar-refractivity contribution < 1.29 is 27.5 Å². The molecular formula is C32H37N3O6S. The maximum atomic E-state index is 13.6. The van der Waals surface area contributed by atoms with Gasteiger partial charge in [-0.1, -0.05) is 48.5 Å². The van der Waals surface area contributed by atoms with Crippen molar-refractivity contribution >= 4 is 22.2 Å². The van der Waals surface area contributed by atoms with Gasteiger partial charge in [-0.05, 0) is 49.9 Å². The molecule has 10 heteroatoms. The predicted molar refractivity (Wildman–Crippen MR) is 159 cm³/mol. The van der Waals surface area contributed by atoms with E-state index in [1.54, 1.807) is 7.11 Å². The van der Waals surface area contributed by atoms with Crippen molar-refractivity contribution in [2.24, 2.45) is 5.92 Å². The average Bonchev–Trinajstić information content (AvgIpc) is 3.01. The molecule has 5 rings (SSSR count). The van der Waals surface area contributed by atoms with Crippen molar-refractivity contribution in [2.45, 2.75) is 42.0 Å². The summed E-state index contributed by atoms with van der Waals surface area (Å²) in [4.78, 5) is 24.6. The molecule has 1 fully saturated rings. The molecule has 3 aromatic carbocycles. The van der Waals surface area contributed by atoms with Crippen molar-refractivity contribution in [3.8, 4) is 11.5 Å². The van der Waals surface area contributed by atoms with Crippen LogP contribution in [0.5, 0.6) is 11.5 Å². The Morgan fingerprint density at radius 2 is 1.67 bits per heavy atom. The molecule has 9 nitrogen and oxygen atoms in total. The number of aldehydes is 1. The summed E-state index contributed by atoms with van der Waals surface area (Å²) in [5.74, 6) is 1.03. The molecule has 2 atom stereocenters. The van der Waals surface area contributed by atoms with Crippen LogP contribution < -0.4 is 20.1 Å². The van der Waals surface area contributed by atoms with Gasteiger partial charge in [0.1, 0.15) is 17.8 Å². The van der Waals surface area contributed by atoms with E-state index in [0.29, 0.717) is 44.5 Å². The van der Waals surface area contributed by atoms with Gasteiger partial charge in [0.25, 0.3) is 0 Å². The number of piperidine rings is 1. The largest absolute Gasteiger partial charge is 0.457 e. The van der Waals surface area contributed by atoms with Gasteiger partial charge >= 0.3 is 0 Å². The number of fused-ring (bicyclic) bond motifs is 2. The molecule has 0 aliphatic carbocycles. The van der Waals surface area contributed by atoms with E-state index >= 15 is 0 Å². The van der Waals surface area contributed by atoms with Gasteiger partial charge in [-0.25, -0.2) is 13.1 Å². The Bertz CT molecular complexity index is 1460. The first-order valence-corrected chi connectivity index (χ1v) is 15.8. The highest BCUT2D eigenvalue weighted by atomic mass is 32.2. The van der Waals surface area contributed by atoms with Crippen LogP contribution in [0.1, 0.15) is 47.2 Å². The number of nitrogens with one attached hydrogen (secondary N) is 3. The van der Waals surface area contributed by atoms with Gasteiger partial charge in [-0.3, -0.25) is 9.59 Å². The first-order chi connectivity index (χ1) is 20.4. The molecule has 3 N–H and O–H groups in total. The number of hydrogen-bond donors (Lipinski definition) is 3. The summed E-state index contributed by atoms with van der Waals surface area (Å²) < 4.78 is 40.3. The molecule has 2 aliphatic heterocycles. The molecule has 2 aliphatic rings. The van der Waals surface area contributed by atoms with Crippen LogP contribution in [0.3, 0.4) is 0 Å². The Hall–Kier alpha value is -3.57. The topological polar surface area (TPSA) is 123 Å². The number of sulfonamides is 1. The standard InChI is InChI=1S/C32H37N3O6S/c1-40-17-7-6-16-32(27-8-2-4-10-29(27)41-30-11-5-3-9-28(30)32)22-34-31(37)24-18-25(20-33-19-24)35-42(38,39)26-14-12-23(21-36)13-15-26/h2-5,8-15,21,24-25,33,35H,6-7,16-20,22H2,1H3,(H,34,37)/t24-,25+/m0/s1. The van der Waals surface area contributed by atoms with Crippen molar-refractivity contribution in [2.75, 3.05) is 33.4 Å². The third kappa shape index (κ3) is 6.42. The molecule has 0 spiro atoms. The molecule has 0 aromatic heterocycles. The monoisotopic (exact) mass is 591 g/mol. The number of benzene rings is 3. The number of amides is 1. The number of rotatable bonds is 12. The Labute approximate surface area is 247 Å². The fourth-order valence-corrected chi connectivity index (χ4v) is 7.26. The van der Waals surface area contributed by atoms with Crippen LogP contribution in [0.15, 0.2) is 77.7 Å². The highest BCUT2D eigenvalue weighted by Gasteiger charge is 2.42. The molecule has 0 radical (unpaired) electrons. The van der Waals surface area contributed by atoms with E-state index in [1.165, 1.54) is 24.3 Å². The van der Waals surface area contributed by atoms with Gasteiger partial charge in [-0.2, -0.15) is 0 Å². The first kappa shape index (κ1) is 29.9. The summed E-state index contributed by atoms with van der Waals surface area (Å²) in [6.07, 6.45) is 3.61. The number of unbranched alkanes of at least 4 members (excludes halogenated alkanes) is 1. The average molecular weight is 592 g/mol. The second-order valence-electron chi connectivity index (χ2n) is 10.9. The van der Waals surface area contributed by atoms with Crippen LogP contribution in [0.2, 0.25) is 0 Å². The van der Waals surface area contributed by atoms with Crippen LogP contribution >= 0.6 is 0 Å². The van der Waals surface area contributed by atoms with E-state index in [1.807, 2.05) is 36.4 Å². The van der Waals surface area contributed by atoms with E-state index in [-0.39, 0.29) is 10.8 Å². The molecule has 0 saturated carbocycles. The van der Waals surface area contributed by atoms with Crippen molar-refractivity contribution in [3.05, 3.63) is 89.5 Å². The molecule has 42 heavy (non-hydrogen) atoms. The molecule has 2 heterocycles. The van der Waals surface area contributed by atoms with E-state index < -0.39 is 27.4 Å². The maximum Gasteiger partial charge on any atom is 0.240 e. The Morgan fingerprint density at radius 3 is 2.31 bits per heavy atom. The van der Waals surface area contributed by atoms with Gasteiger partial charge in [0.2, 0.25) is 15.9 Å². The van der Waals surface area contributed by atoms with Crippen molar-refractivity contribution in [3.63, 3.8) is 0 Å². The highest BCUT2D eigenvalue weighted by molar-refractivity contribution is 7.89. The summed E-state index contributed by atoms with van der Waals surface area (Å²) in [6, 6.07) is 21.2. The SMILES string of the molecule is COCCCCC1(CNC(=O)[C@@H]2CNC[C@H](NS(=O)(=O)c3ccc(C=O)cc3)C2)c2ccccc2Oc2ccccc21. The quantitative estimate of drug-likeness (QED) is 0.216. The van der Waals surface area contributed by atoms with Gasteiger partial charge in [0.15, 0.2) is 0 Å². The number of carbonyl (C=O) groups is 2. The molecule has 3 aromatic rings. The van der Waals surface area contributed by atoms with E-state index in [0.717, 1.165) is 41.9 Å². The van der Waals surface area contributed by atoms with Gasteiger partial charge in [0, 0.05) is 61.5 Å². The van der Waals surface area contributed by atoms with E-state index in [2.05, 4.69) is 27.5 Å². The molecule has 1 saturated heterocycles. The van der Waals surface area contributed by atoms with Crippen LogP contribution in [0, 0.1) is 5.92 Å². The summed E-state index contributed by atoms with van der Waals surface area (Å²) in [5, 5.41) is 6.45. The Balaban J connectivity index is 1.32. The molecule has 0 bridgehead atoms. The summed E-state index contributed by atoms with van der Waals surface area (Å²) >= 11 is 0. The van der Waals surface area contributed by atoms with Crippen molar-refractivity contribution in [1.82, 2.24) is 15.4 Å². The van der Waals surface area contributed by atoms with Crippen LogP contribution in [0.4, 0.5) is 0 Å². The summed E-state index contributed by atoms with van der Waals surface area (Å²) in [5.41, 5.74) is 1.98. The number of ether oxygens (including phenoxy) is 2. The normalized spacial score (nSPS) is 19.2. The van der Waals surface area contributed by atoms with Crippen LogP contribution in [-0.2, 0) is 25.0 Å². The number of para-hydroxylation sites is 2. The lowest BCUT2D eigenvalue weighted by molar-refractivity contribution is -0.125. The predicted octanol–water partition coefficient (Wildman–Crippen LogP) is 3.78. The molecular weight excluding hydrogens is 554 g/mol. The zero-order valence-corrected chi connectivity index (χ0v) is 24.5. The minimum atomic E-state index is -3.82. The lowest BCUT2D eigenvalue weighted by Gasteiger charge is -2.41. The smallest absolute Gasteiger partial charge is 0.240 e. The maximum absolute atomic E-state index is 13.6. The first-order valence-electron chi connectivity index (χ1n) is 14.3. The summed E-state index contributed by atoms with van der Waals surface area (Å²) in [7, 11) is -2.12. The fraction of sp³-hybridized carbons (Fsp3) is 0.375. The minimum absolute atomic E-state index is 0.0759. The zero-order chi connectivity index (χ0) is 29.6. The zero-order valence-electron chi connectivity index (χ0n) is 23.7. The molecule has 222 valence electrons. The third-order valence-corrected chi connectivity index (χ3v) is 9.70. The molecule has 1 amide bonds.